The van der Waals surface area contributed by atoms with Crippen molar-refractivity contribution in [2.75, 3.05) is 6.61 Å². The van der Waals surface area contributed by atoms with E-state index in [9.17, 15) is 0 Å². The normalized spacial score (nSPS) is 18.2. The minimum Gasteiger partial charge on any atom is -0.490 e. The molecule has 2 rings (SSSR count). The van der Waals surface area contributed by atoms with Crippen LogP contribution in [-0.4, -0.2) is 17.8 Å². The third kappa shape index (κ3) is 3.45. The molecule has 1 saturated carbocycles. The molecule has 3 heteroatoms. The second-order valence-corrected chi connectivity index (χ2v) is 4.71. The van der Waals surface area contributed by atoms with E-state index in [-0.39, 0.29) is 12.6 Å². The van der Waals surface area contributed by atoms with Gasteiger partial charge in [-0.2, -0.15) is 0 Å². The highest BCUT2D eigenvalue weighted by molar-refractivity contribution is 5.29. The minimum absolute atomic E-state index is 0.0828. The highest BCUT2D eigenvalue weighted by Gasteiger charge is 2.16. The van der Waals surface area contributed by atoms with Crippen molar-refractivity contribution in [3.05, 3.63) is 29.8 Å². The standard InChI is InChI=1S/C14H21NO2/c15-14(9-10-16)11-5-7-13(8-6-11)17-12-3-1-2-4-12/h5-8,12,14,16H,1-4,9-10,15H2/t14-/m0/s1. The Morgan fingerprint density at radius 2 is 1.88 bits per heavy atom. The summed E-state index contributed by atoms with van der Waals surface area (Å²) in [6.07, 6.45) is 5.90. The van der Waals surface area contributed by atoms with Crippen molar-refractivity contribution in [2.24, 2.45) is 5.73 Å². The van der Waals surface area contributed by atoms with E-state index in [2.05, 4.69) is 0 Å². The van der Waals surface area contributed by atoms with Gasteiger partial charge in [-0.1, -0.05) is 12.1 Å². The average molecular weight is 235 g/mol. The van der Waals surface area contributed by atoms with Gasteiger partial charge in [0.25, 0.3) is 0 Å². The Morgan fingerprint density at radius 3 is 2.47 bits per heavy atom. The fourth-order valence-corrected chi connectivity index (χ4v) is 2.30. The summed E-state index contributed by atoms with van der Waals surface area (Å²) in [5.74, 6) is 0.928. The lowest BCUT2D eigenvalue weighted by Crippen LogP contribution is -2.13. The van der Waals surface area contributed by atoms with Crippen LogP contribution in [0.25, 0.3) is 0 Å². The van der Waals surface area contributed by atoms with E-state index in [1.807, 2.05) is 24.3 Å². The minimum atomic E-state index is -0.0828. The zero-order chi connectivity index (χ0) is 12.1. The molecule has 1 aliphatic rings. The molecule has 0 spiro atoms. The first-order chi connectivity index (χ1) is 8.29. The molecule has 0 radical (unpaired) electrons. The zero-order valence-electron chi connectivity index (χ0n) is 10.1. The number of aliphatic hydroxyl groups is 1. The molecule has 1 aliphatic carbocycles. The number of rotatable bonds is 5. The molecule has 0 unspecified atom stereocenters. The zero-order valence-corrected chi connectivity index (χ0v) is 10.1. The molecule has 94 valence electrons. The molecule has 1 aromatic rings. The third-order valence-corrected chi connectivity index (χ3v) is 3.35. The van der Waals surface area contributed by atoms with Gasteiger partial charge in [-0.3, -0.25) is 0 Å². The van der Waals surface area contributed by atoms with Gasteiger partial charge in [-0.05, 0) is 49.8 Å². The van der Waals surface area contributed by atoms with Crippen LogP contribution in [0.4, 0.5) is 0 Å². The molecule has 3 N–H and O–H groups in total. The molecule has 3 nitrogen and oxygen atoms in total. The Hall–Kier alpha value is -1.06. The van der Waals surface area contributed by atoms with Gasteiger partial charge in [-0.15, -0.1) is 0 Å². The highest BCUT2D eigenvalue weighted by atomic mass is 16.5. The Bertz CT molecular complexity index is 331. The van der Waals surface area contributed by atoms with E-state index < -0.39 is 0 Å². The predicted octanol–water partition coefficient (Wildman–Crippen LogP) is 2.39. The molecule has 0 aromatic heterocycles. The van der Waals surface area contributed by atoms with Gasteiger partial charge in [0.1, 0.15) is 5.75 Å². The van der Waals surface area contributed by atoms with Gasteiger partial charge in [0.05, 0.1) is 6.10 Å². The Balaban J connectivity index is 1.92. The van der Waals surface area contributed by atoms with Crippen LogP contribution in [-0.2, 0) is 0 Å². The van der Waals surface area contributed by atoms with Gasteiger partial charge in [-0.25, -0.2) is 0 Å². The molecule has 17 heavy (non-hydrogen) atoms. The smallest absolute Gasteiger partial charge is 0.119 e. The monoisotopic (exact) mass is 235 g/mol. The quantitative estimate of drug-likeness (QED) is 0.824. The lowest BCUT2D eigenvalue weighted by atomic mass is 10.1. The molecule has 0 aliphatic heterocycles. The van der Waals surface area contributed by atoms with Crippen molar-refractivity contribution in [3.63, 3.8) is 0 Å². The van der Waals surface area contributed by atoms with Crippen molar-refractivity contribution in [3.8, 4) is 5.75 Å². The molecule has 1 aromatic carbocycles. The van der Waals surface area contributed by atoms with Gasteiger partial charge in [0.2, 0.25) is 0 Å². The second kappa shape index (κ2) is 6.03. The maximum Gasteiger partial charge on any atom is 0.119 e. The van der Waals surface area contributed by atoms with E-state index in [0.29, 0.717) is 12.5 Å². The molecular weight excluding hydrogens is 214 g/mol. The first-order valence-corrected chi connectivity index (χ1v) is 6.42. The van der Waals surface area contributed by atoms with Gasteiger partial charge in [0.15, 0.2) is 0 Å². The van der Waals surface area contributed by atoms with Crippen LogP contribution < -0.4 is 10.5 Å². The lowest BCUT2D eigenvalue weighted by molar-refractivity contribution is 0.210. The first kappa shape index (κ1) is 12.4. The summed E-state index contributed by atoms with van der Waals surface area (Å²) < 4.78 is 5.88. The third-order valence-electron chi connectivity index (χ3n) is 3.35. The van der Waals surface area contributed by atoms with Crippen molar-refractivity contribution in [1.82, 2.24) is 0 Å². The van der Waals surface area contributed by atoms with E-state index in [4.69, 9.17) is 15.6 Å². The van der Waals surface area contributed by atoms with Crippen LogP contribution in [0.3, 0.4) is 0 Å². The Labute approximate surface area is 103 Å². The van der Waals surface area contributed by atoms with Crippen LogP contribution in [0.5, 0.6) is 5.75 Å². The van der Waals surface area contributed by atoms with Gasteiger partial charge in [0, 0.05) is 12.6 Å². The maximum atomic E-state index is 8.84. The van der Waals surface area contributed by atoms with Crippen LogP contribution in [0.1, 0.15) is 43.7 Å². The summed E-state index contributed by atoms with van der Waals surface area (Å²) >= 11 is 0. The summed E-state index contributed by atoms with van der Waals surface area (Å²) in [4.78, 5) is 0. The topological polar surface area (TPSA) is 55.5 Å². The predicted molar refractivity (Wildman–Crippen MR) is 68.0 cm³/mol. The molecule has 0 heterocycles. The maximum absolute atomic E-state index is 8.84. The second-order valence-electron chi connectivity index (χ2n) is 4.71. The molecule has 0 saturated heterocycles. The number of benzene rings is 1. The van der Waals surface area contributed by atoms with E-state index in [0.717, 1.165) is 11.3 Å². The molecule has 1 fully saturated rings. The van der Waals surface area contributed by atoms with Crippen molar-refractivity contribution in [1.29, 1.82) is 0 Å². The van der Waals surface area contributed by atoms with Crippen LogP contribution >= 0.6 is 0 Å². The number of hydrogen-bond acceptors (Lipinski definition) is 3. The fourth-order valence-electron chi connectivity index (χ4n) is 2.30. The van der Waals surface area contributed by atoms with Crippen molar-refractivity contribution >= 4 is 0 Å². The lowest BCUT2D eigenvalue weighted by Gasteiger charge is -2.15. The van der Waals surface area contributed by atoms with E-state index in [1.165, 1.54) is 25.7 Å². The Kier molecular flexibility index (Phi) is 4.40. The summed E-state index contributed by atoms with van der Waals surface area (Å²) in [6.45, 7) is 0.126. The largest absolute Gasteiger partial charge is 0.490 e. The van der Waals surface area contributed by atoms with Crippen LogP contribution in [0.15, 0.2) is 24.3 Å². The fraction of sp³-hybridized carbons (Fsp3) is 0.571. The number of hydrogen-bond donors (Lipinski definition) is 2. The molecule has 0 bridgehead atoms. The molecular formula is C14H21NO2. The SMILES string of the molecule is N[C@@H](CCO)c1ccc(OC2CCCC2)cc1. The average Bonchev–Trinajstić information content (AvgIpc) is 2.83. The number of nitrogens with two attached hydrogens (primary N) is 1. The van der Waals surface area contributed by atoms with Crippen LogP contribution in [0, 0.1) is 0 Å². The van der Waals surface area contributed by atoms with E-state index in [1.54, 1.807) is 0 Å². The summed E-state index contributed by atoms with van der Waals surface area (Å²) in [5.41, 5.74) is 6.97. The number of ether oxygens (including phenoxy) is 1. The van der Waals surface area contributed by atoms with Gasteiger partial charge >= 0.3 is 0 Å². The van der Waals surface area contributed by atoms with Gasteiger partial charge < -0.3 is 15.6 Å². The molecule has 1 atom stereocenters. The van der Waals surface area contributed by atoms with Crippen molar-refractivity contribution in [2.45, 2.75) is 44.2 Å². The van der Waals surface area contributed by atoms with Crippen LogP contribution in [0.2, 0.25) is 0 Å². The summed E-state index contributed by atoms with van der Waals surface area (Å²) in [6, 6.07) is 7.85. The molecule has 0 amide bonds. The highest BCUT2D eigenvalue weighted by Crippen LogP contribution is 2.25. The Morgan fingerprint density at radius 1 is 1.24 bits per heavy atom. The number of aliphatic hydroxyl groups excluding tert-OH is 1. The summed E-state index contributed by atoms with van der Waals surface area (Å²) in [7, 11) is 0. The first-order valence-electron chi connectivity index (χ1n) is 6.42. The van der Waals surface area contributed by atoms with Crippen molar-refractivity contribution < 1.29 is 9.84 Å². The summed E-state index contributed by atoms with van der Waals surface area (Å²) in [5, 5.41) is 8.84. The van der Waals surface area contributed by atoms with E-state index >= 15 is 0 Å².